The van der Waals surface area contributed by atoms with Gasteiger partial charge in [0.15, 0.2) is 0 Å². The van der Waals surface area contributed by atoms with Crippen molar-refractivity contribution in [3.8, 4) is 0 Å². The fraction of sp³-hybridized carbons (Fsp3) is 0.529. The lowest BCUT2D eigenvalue weighted by molar-refractivity contribution is -0.155. The van der Waals surface area contributed by atoms with Gasteiger partial charge in [-0.3, -0.25) is 4.79 Å². The number of carbonyl (C=O) groups is 2. The molecule has 0 aromatic heterocycles. The van der Waals surface area contributed by atoms with Gasteiger partial charge in [0.2, 0.25) is 0 Å². The van der Waals surface area contributed by atoms with Crippen LogP contribution in [0.3, 0.4) is 0 Å². The zero-order chi connectivity index (χ0) is 15.3. The number of benzene rings is 1. The first kappa shape index (κ1) is 17.2. The molecule has 4 heteroatoms. The van der Waals surface area contributed by atoms with E-state index in [4.69, 9.17) is 4.74 Å². The molecule has 1 aromatic rings. The van der Waals surface area contributed by atoms with Crippen molar-refractivity contribution >= 4 is 11.9 Å². The van der Waals surface area contributed by atoms with Crippen molar-refractivity contribution in [3.63, 3.8) is 0 Å². The highest BCUT2D eigenvalue weighted by Gasteiger charge is 2.14. The van der Waals surface area contributed by atoms with Gasteiger partial charge in [0.1, 0.15) is 6.61 Å². The van der Waals surface area contributed by atoms with Gasteiger partial charge in [-0.1, -0.05) is 69.4 Å². The van der Waals surface area contributed by atoms with E-state index in [1.807, 2.05) is 30.3 Å². The number of ether oxygens (including phenoxy) is 1. The van der Waals surface area contributed by atoms with Gasteiger partial charge < -0.3 is 10.1 Å². The molecule has 4 nitrogen and oxygen atoms in total. The summed E-state index contributed by atoms with van der Waals surface area (Å²) < 4.78 is 4.95. The van der Waals surface area contributed by atoms with E-state index in [1.54, 1.807) is 0 Å². The molecule has 0 saturated heterocycles. The van der Waals surface area contributed by atoms with Crippen molar-refractivity contribution in [1.29, 1.82) is 0 Å². The SMILES string of the molecule is CCCCCCCCNC(=O)C(=O)OCc1ccccc1. The van der Waals surface area contributed by atoms with Crippen LogP contribution in [0.4, 0.5) is 0 Å². The van der Waals surface area contributed by atoms with Crippen LogP contribution in [0.5, 0.6) is 0 Å². The second kappa shape index (κ2) is 10.9. The second-order valence-corrected chi connectivity index (χ2v) is 5.09. The lowest BCUT2D eigenvalue weighted by atomic mass is 10.1. The smallest absolute Gasteiger partial charge is 0.397 e. The van der Waals surface area contributed by atoms with E-state index in [1.165, 1.54) is 25.7 Å². The molecule has 0 radical (unpaired) electrons. The van der Waals surface area contributed by atoms with Gasteiger partial charge in [-0.05, 0) is 12.0 Å². The Hall–Kier alpha value is -1.84. The minimum absolute atomic E-state index is 0.129. The fourth-order valence-electron chi connectivity index (χ4n) is 1.97. The standard InChI is InChI=1S/C17H25NO3/c1-2-3-4-5-6-10-13-18-16(19)17(20)21-14-15-11-8-7-9-12-15/h7-9,11-12H,2-6,10,13-14H2,1H3,(H,18,19). The first-order valence-corrected chi connectivity index (χ1v) is 7.73. The zero-order valence-electron chi connectivity index (χ0n) is 12.8. The minimum atomic E-state index is -0.815. The van der Waals surface area contributed by atoms with Gasteiger partial charge in [-0.2, -0.15) is 0 Å². The predicted molar refractivity (Wildman–Crippen MR) is 82.6 cm³/mol. The summed E-state index contributed by atoms with van der Waals surface area (Å²) >= 11 is 0. The van der Waals surface area contributed by atoms with E-state index in [-0.39, 0.29) is 6.61 Å². The van der Waals surface area contributed by atoms with Crippen LogP contribution < -0.4 is 5.32 Å². The lowest BCUT2D eigenvalue weighted by Crippen LogP contribution is -2.33. The molecule has 0 aliphatic heterocycles. The van der Waals surface area contributed by atoms with Crippen LogP contribution in [0.2, 0.25) is 0 Å². The molecule has 1 rings (SSSR count). The zero-order valence-corrected chi connectivity index (χ0v) is 12.8. The fourth-order valence-corrected chi connectivity index (χ4v) is 1.97. The van der Waals surface area contributed by atoms with Crippen molar-refractivity contribution in [2.24, 2.45) is 0 Å². The lowest BCUT2D eigenvalue weighted by Gasteiger charge is -2.06. The average Bonchev–Trinajstić information content (AvgIpc) is 2.52. The molecule has 21 heavy (non-hydrogen) atoms. The molecule has 0 heterocycles. The summed E-state index contributed by atoms with van der Waals surface area (Å²) in [7, 11) is 0. The number of esters is 1. The molecule has 1 N–H and O–H groups in total. The first-order valence-electron chi connectivity index (χ1n) is 7.73. The molecule has 116 valence electrons. The number of hydrogen-bond acceptors (Lipinski definition) is 3. The van der Waals surface area contributed by atoms with Crippen molar-refractivity contribution in [1.82, 2.24) is 5.32 Å². The Morgan fingerprint density at radius 1 is 1.00 bits per heavy atom. The summed E-state index contributed by atoms with van der Waals surface area (Å²) in [6.45, 7) is 2.84. The molecule has 0 fully saturated rings. The Morgan fingerprint density at radius 2 is 1.67 bits per heavy atom. The number of unbranched alkanes of at least 4 members (excludes halogenated alkanes) is 5. The van der Waals surface area contributed by atoms with Crippen LogP contribution >= 0.6 is 0 Å². The molecule has 0 spiro atoms. The summed E-state index contributed by atoms with van der Waals surface area (Å²) in [5, 5.41) is 2.60. The topological polar surface area (TPSA) is 55.4 Å². The maximum Gasteiger partial charge on any atom is 0.397 e. The third-order valence-electron chi connectivity index (χ3n) is 3.21. The normalized spacial score (nSPS) is 10.1. The third kappa shape index (κ3) is 8.12. The molecule has 0 saturated carbocycles. The summed E-state index contributed by atoms with van der Waals surface area (Å²) in [5.74, 6) is -1.47. The van der Waals surface area contributed by atoms with Crippen LogP contribution in [0.25, 0.3) is 0 Å². The van der Waals surface area contributed by atoms with Crippen LogP contribution in [-0.2, 0) is 20.9 Å². The average molecular weight is 291 g/mol. The molecule has 0 aliphatic rings. The van der Waals surface area contributed by atoms with Gasteiger partial charge in [0.05, 0.1) is 0 Å². The second-order valence-electron chi connectivity index (χ2n) is 5.09. The number of hydrogen-bond donors (Lipinski definition) is 1. The summed E-state index contributed by atoms with van der Waals surface area (Å²) in [6, 6.07) is 9.31. The molecule has 1 amide bonds. The van der Waals surface area contributed by atoms with Gasteiger partial charge in [0.25, 0.3) is 0 Å². The minimum Gasteiger partial charge on any atom is -0.454 e. The van der Waals surface area contributed by atoms with E-state index in [9.17, 15) is 9.59 Å². The van der Waals surface area contributed by atoms with E-state index >= 15 is 0 Å². The summed E-state index contributed by atoms with van der Waals surface area (Å²) in [5.41, 5.74) is 0.870. The summed E-state index contributed by atoms with van der Waals surface area (Å²) in [4.78, 5) is 23.0. The summed E-state index contributed by atoms with van der Waals surface area (Å²) in [6.07, 6.45) is 6.90. The maximum absolute atomic E-state index is 11.5. The van der Waals surface area contributed by atoms with Gasteiger partial charge in [-0.25, -0.2) is 4.79 Å². The Balaban J connectivity index is 2.07. The number of nitrogens with one attached hydrogen (secondary N) is 1. The van der Waals surface area contributed by atoms with Crippen molar-refractivity contribution < 1.29 is 14.3 Å². The Morgan fingerprint density at radius 3 is 2.38 bits per heavy atom. The highest BCUT2D eigenvalue weighted by molar-refractivity contribution is 6.32. The molecule has 0 aliphatic carbocycles. The van der Waals surface area contributed by atoms with Crippen LogP contribution in [0, 0.1) is 0 Å². The highest BCUT2D eigenvalue weighted by Crippen LogP contribution is 2.04. The first-order chi connectivity index (χ1) is 10.2. The Bertz CT molecular complexity index is 417. The van der Waals surface area contributed by atoms with Crippen LogP contribution in [0.15, 0.2) is 30.3 Å². The van der Waals surface area contributed by atoms with E-state index in [2.05, 4.69) is 12.2 Å². The maximum atomic E-state index is 11.5. The van der Waals surface area contributed by atoms with Crippen molar-refractivity contribution in [2.75, 3.05) is 6.54 Å². The van der Waals surface area contributed by atoms with E-state index in [0.29, 0.717) is 6.54 Å². The largest absolute Gasteiger partial charge is 0.454 e. The Kier molecular flexibility index (Phi) is 8.93. The number of amides is 1. The van der Waals surface area contributed by atoms with E-state index < -0.39 is 11.9 Å². The van der Waals surface area contributed by atoms with Crippen molar-refractivity contribution in [3.05, 3.63) is 35.9 Å². The van der Waals surface area contributed by atoms with Crippen molar-refractivity contribution in [2.45, 2.75) is 52.1 Å². The number of rotatable bonds is 9. The molecular weight excluding hydrogens is 266 g/mol. The monoisotopic (exact) mass is 291 g/mol. The quantitative estimate of drug-likeness (QED) is 0.432. The van der Waals surface area contributed by atoms with E-state index in [0.717, 1.165) is 18.4 Å². The number of carbonyl (C=O) groups excluding carboxylic acids is 2. The molecule has 0 atom stereocenters. The molecule has 0 bridgehead atoms. The Labute approximate surface area is 126 Å². The molecular formula is C17H25NO3. The van der Waals surface area contributed by atoms with Crippen LogP contribution in [-0.4, -0.2) is 18.4 Å². The predicted octanol–water partition coefficient (Wildman–Crippen LogP) is 3.21. The van der Waals surface area contributed by atoms with Gasteiger partial charge in [0, 0.05) is 6.54 Å². The third-order valence-corrected chi connectivity index (χ3v) is 3.21. The van der Waals surface area contributed by atoms with Crippen LogP contribution in [0.1, 0.15) is 51.0 Å². The molecule has 1 aromatic carbocycles. The molecule has 0 unspecified atom stereocenters. The van der Waals surface area contributed by atoms with Gasteiger partial charge >= 0.3 is 11.9 Å². The van der Waals surface area contributed by atoms with Gasteiger partial charge in [-0.15, -0.1) is 0 Å². The highest BCUT2D eigenvalue weighted by atomic mass is 16.5.